The van der Waals surface area contributed by atoms with E-state index in [9.17, 15) is 5.11 Å². The Balaban J connectivity index is 3.08. The van der Waals surface area contributed by atoms with E-state index >= 15 is 0 Å². The average Bonchev–Trinajstić information content (AvgIpc) is 2.20. The average molecular weight is 305 g/mol. The highest BCUT2D eigenvalue weighted by molar-refractivity contribution is 14.1. The molecule has 0 fully saturated rings. The lowest BCUT2D eigenvalue weighted by Gasteiger charge is -2.05. The molecule has 76 valence electrons. The van der Waals surface area contributed by atoms with Crippen LogP contribution >= 0.6 is 22.9 Å². The maximum atomic E-state index is 9.51. The molecule has 0 spiro atoms. The molecule has 14 heavy (non-hydrogen) atoms. The van der Waals surface area contributed by atoms with E-state index in [1.54, 1.807) is 35.0 Å². The van der Waals surface area contributed by atoms with Gasteiger partial charge in [0.15, 0.2) is 0 Å². The smallest absolute Gasteiger partial charge is 0.140 e. The first kappa shape index (κ1) is 11.3. The maximum absolute atomic E-state index is 9.51. The van der Waals surface area contributed by atoms with Crippen LogP contribution in [0.15, 0.2) is 21.4 Å². The molecule has 5 N–H and O–H groups in total. The molecule has 0 aromatic heterocycles. The lowest BCUT2D eigenvalue weighted by atomic mass is 10.1. The van der Waals surface area contributed by atoms with E-state index in [2.05, 4.69) is 3.21 Å². The van der Waals surface area contributed by atoms with Gasteiger partial charge in [0.2, 0.25) is 0 Å². The minimum Gasteiger partial charge on any atom is -0.507 e. The fourth-order valence-corrected chi connectivity index (χ4v) is 1.42. The first-order chi connectivity index (χ1) is 6.69. The molecular weight excluding hydrogens is 293 g/mol. The molecule has 0 aliphatic rings. The Morgan fingerprint density at radius 3 is 2.79 bits per heavy atom. The van der Waals surface area contributed by atoms with E-state index in [1.165, 1.54) is 0 Å². The van der Waals surface area contributed by atoms with Crippen LogP contribution in [0.25, 0.3) is 0 Å². The monoisotopic (exact) mass is 305 g/mol. The predicted molar refractivity (Wildman–Crippen MR) is 65.6 cm³/mol. The number of hydrogen-bond donors (Lipinski definition) is 3. The van der Waals surface area contributed by atoms with Crippen molar-refractivity contribution in [1.29, 1.82) is 0 Å². The van der Waals surface area contributed by atoms with Gasteiger partial charge in [0.05, 0.1) is 28.4 Å². The lowest BCUT2D eigenvalue weighted by molar-refractivity contribution is 0.474. The predicted octanol–water partition coefficient (Wildman–Crippen LogP) is 0.949. The van der Waals surface area contributed by atoms with Crippen molar-refractivity contribution in [3.05, 3.63) is 29.3 Å². The Labute approximate surface area is 96.5 Å². The SMILES string of the molecule is NCCc1ccc(O)c(/C(N)=N/I)c1. The van der Waals surface area contributed by atoms with Crippen LogP contribution in [-0.2, 0) is 6.42 Å². The normalized spacial score (nSPS) is 11.7. The minimum atomic E-state index is 0.142. The molecular formula is C9H12IN3O. The van der Waals surface area contributed by atoms with Gasteiger partial charge in [-0.2, -0.15) is 3.21 Å². The summed E-state index contributed by atoms with van der Waals surface area (Å²) in [6.07, 6.45) is 0.766. The Bertz CT molecular complexity index is 352. The van der Waals surface area contributed by atoms with Gasteiger partial charge >= 0.3 is 0 Å². The largest absolute Gasteiger partial charge is 0.507 e. The first-order valence-corrected chi connectivity index (χ1v) is 5.12. The molecule has 0 aliphatic carbocycles. The van der Waals surface area contributed by atoms with Crippen molar-refractivity contribution in [2.75, 3.05) is 6.54 Å². The number of aromatic hydroxyl groups is 1. The van der Waals surface area contributed by atoms with E-state index in [0.29, 0.717) is 17.9 Å². The third kappa shape index (κ3) is 2.58. The van der Waals surface area contributed by atoms with Gasteiger partial charge in [0.25, 0.3) is 0 Å². The number of hydrogen-bond acceptors (Lipinski definition) is 3. The van der Waals surface area contributed by atoms with E-state index < -0.39 is 0 Å². The van der Waals surface area contributed by atoms with E-state index in [1.807, 2.05) is 6.07 Å². The summed E-state index contributed by atoms with van der Waals surface area (Å²) in [5, 5.41) is 9.51. The summed E-state index contributed by atoms with van der Waals surface area (Å²) in [5.41, 5.74) is 12.6. The van der Waals surface area contributed by atoms with Crippen molar-refractivity contribution < 1.29 is 5.11 Å². The van der Waals surface area contributed by atoms with Crippen LogP contribution in [0, 0.1) is 0 Å². The van der Waals surface area contributed by atoms with Crippen molar-refractivity contribution in [3.8, 4) is 5.75 Å². The van der Waals surface area contributed by atoms with Crippen molar-refractivity contribution in [2.24, 2.45) is 14.7 Å². The second kappa shape index (κ2) is 5.16. The second-order valence-corrected chi connectivity index (χ2v) is 3.34. The zero-order chi connectivity index (χ0) is 10.6. The number of halogens is 1. The quantitative estimate of drug-likeness (QED) is 0.441. The first-order valence-electron chi connectivity index (χ1n) is 4.15. The number of nitrogens with zero attached hydrogens (tertiary/aromatic N) is 1. The molecule has 5 heteroatoms. The number of phenols is 1. The lowest BCUT2D eigenvalue weighted by Crippen LogP contribution is -2.13. The number of amidine groups is 1. The molecule has 0 heterocycles. The highest BCUT2D eigenvalue weighted by Crippen LogP contribution is 2.18. The van der Waals surface area contributed by atoms with E-state index in [0.717, 1.165) is 12.0 Å². The number of benzene rings is 1. The molecule has 0 amide bonds. The fourth-order valence-electron chi connectivity index (χ4n) is 1.16. The van der Waals surface area contributed by atoms with Crippen molar-refractivity contribution in [2.45, 2.75) is 6.42 Å². The summed E-state index contributed by atoms with van der Waals surface area (Å²) < 4.78 is 3.79. The molecule has 0 saturated heterocycles. The van der Waals surface area contributed by atoms with Gasteiger partial charge in [-0.15, -0.1) is 0 Å². The highest BCUT2D eigenvalue weighted by Gasteiger charge is 2.05. The Hall–Kier alpha value is -0.820. The third-order valence-electron chi connectivity index (χ3n) is 1.86. The molecule has 4 nitrogen and oxygen atoms in total. The Morgan fingerprint density at radius 2 is 2.21 bits per heavy atom. The summed E-state index contributed by atoms with van der Waals surface area (Å²) in [6.45, 7) is 0.575. The van der Waals surface area contributed by atoms with Crippen LogP contribution in [0.1, 0.15) is 11.1 Å². The van der Waals surface area contributed by atoms with E-state index in [4.69, 9.17) is 11.5 Å². The number of rotatable bonds is 3. The van der Waals surface area contributed by atoms with Gasteiger partial charge in [-0.05, 0) is 30.7 Å². The zero-order valence-electron chi connectivity index (χ0n) is 7.57. The van der Waals surface area contributed by atoms with Crippen LogP contribution in [0.2, 0.25) is 0 Å². The highest BCUT2D eigenvalue weighted by atomic mass is 127. The van der Waals surface area contributed by atoms with Crippen LogP contribution in [0.3, 0.4) is 0 Å². The summed E-state index contributed by atoms with van der Waals surface area (Å²) in [6, 6.07) is 5.24. The van der Waals surface area contributed by atoms with Gasteiger partial charge in [0.1, 0.15) is 11.6 Å². The van der Waals surface area contributed by atoms with Crippen LogP contribution < -0.4 is 11.5 Å². The molecule has 0 bridgehead atoms. The van der Waals surface area contributed by atoms with Gasteiger partial charge in [-0.1, -0.05) is 6.07 Å². The van der Waals surface area contributed by atoms with Gasteiger partial charge in [-0.25, -0.2) is 0 Å². The Kier molecular flexibility index (Phi) is 4.15. The van der Waals surface area contributed by atoms with Gasteiger partial charge < -0.3 is 16.6 Å². The van der Waals surface area contributed by atoms with Crippen LogP contribution in [-0.4, -0.2) is 17.5 Å². The molecule has 1 rings (SSSR count). The molecule has 0 radical (unpaired) electrons. The molecule has 1 aromatic rings. The van der Waals surface area contributed by atoms with Crippen LogP contribution in [0.5, 0.6) is 5.75 Å². The zero-order valence-corrected chi connectivity index (χ0v) is 9.73. The van der Waals surface area contributed by atoms with Gasteiger partial charge in [-0.3, -0.25) is 0 Å². The third-order valence-corrected chi connectivity index (χ3v) is 2.38. The summed E-state index contributed by atoms with van der Waals surface area (Å²) in [5.74, 6) is 0.464. The summed E-state index contributed by atoms with van der Waals surface area (Å²) >= 11 is 1.79. The minimum absolute atomic E-state index is 0.142. The van der Waals surface area contributed by atoms with Crippen LogP contribution in [0.4, 0.5) is 0 Å². The fraction of sp³-hybridized carbons (Fsp3) is 0.222. The van der Waals surface area contributed by atoms with Crippen molar-refractivity contribution in [3.63, 3.8) is 0 Å². The molecule has 0 aliphatic heterocycles. The molecule has 0 unspecified atom stereocenters. The Morgan fingerprint density at radius 1 is 1.50 bits per heavy atom. The summed E-state index contributed by atoms with van der Waals surface area (Å²) in [4.78, 5) is 0. The number of nitrogens with two attached hydrogens (primary N) is 2. The molecule has 0 saturated carbocycles. The topological polar surface area (TPSA) is 84.6 Å². The van der Waals surface area contributed by atoms with Crippen molar-refractivity contribution >= 4 is 28.7 Å². The standard InChI is InChI=1S/C9H12IN3O/c10-13-9(12)7-5-6(3-4-11)1-2-8(7)14/h1-2,5,14H,3-4,11H2,(H2,12,13). The summed E-state index contributed by atoms with van der Waals surface area (Å²) in [7, 11) is 0. The molecule has 0 atom stereocenters. The number of phenolic OH excluding ortho intramolecular Hbond substituents is 1. The van der Waals surface area contributed by atoms with E-state index in [-0.39, 0.29) is 5.75 Å². The molecule has 1 aromatic carbocycles. The maximum Gasteiger partial charge on any atom is 0.140 e. The van der Waals surface area contributed by atoms with Gasteiger partial charge in [0, 0.05) is 0 Å². The van der Waals surface area contributed by atoms with Crippen molar-refractivity contribution in [1.82, 2.24) is 0 Å². The second-order valence-electron chi connectivity index (χ2n) is 2.86.